The maximum absolute atomic E-state index is 13.0. The number of benzene rings is 2. The molecule has 0 aliphatic heterocycles. The highest BCUT2D eigenvalue weighted by molar-refractivity contribution is 5.98. The summed E-state index contributed by atoms with van der Waals surface area (Å²) < 4.78 is 0. The number of nitrogens with zero attached hydrogens (tertiary/aromatic N) is 1. The van der Waals surface area contributed by atoms with Crippen molar-refractivity contribution in [3.63, 3.8) is 0 Å². The first kappa shape index (κ1) is 26.8. The van der Waals surface area contributed by atoms with Crippen molar-refractivity contribution >= 4 is 11.7 Å². The highest BCUT2D eigenvalue weighted by Crippen LogP contribution is 2.40. The molecule has 0 fully saturated rings. The van der Waals surface area contributed by atoms with Gasteiger partial charge in [-0.1, -0.05) is 58.0 Å². The Morgan fingerprint density at radius 1 is 0.788 bits per heavy atom. The molecule has 4 nitrogen and oxygen atoms in total. The Hall–Kier alpha value is -2.46. The van der Waals surface area contributed by atoms with Crippen molar-refractivity contribution in [3.05, 3.63) is 69.8 Å². The molecule has 2 aromatic carbocycles. The molecule has 0 aromatic heterocycles. The second-order valence-corrected chi connectivity index (χ2v) is 9.58. The van der Waals surface area contributed by atoms with Gasteiger partial charge in [-0.05, 0) is 67.9 Å². The molecule has 180 valence electrons. The van der Waals surface area contributed by atoms with Crippen molar-refractivity contribution in [2.24, 2.45) is 0 Å². The first-order chi connectivity index (χ1) is 15.5. The smallest absolute Gasteiger partial charge is 0.253 e. The summed E-state index contributed by atoms with van der Waals surface area (Å²) in [5.41, 5.74) is 4.53. The van der Waals surface area contributed by atoms with Gasteiger partial charge in [0.05, 0.1) is 5.60 Å². The van der Waals surface area contributed by atoms with Crippen LogP contribution in [0.15, 0.2) is 36.4 Å². The van der Waals surface area contributed by atoms with Crippen LogP contribution in [0.3, 0.4) is 0 Å². The second-order valence-electron chi connectivity index (χ2n) is 9.58. The molecule has 0 saturated heterocycles. The number of carbonyl (C=O) groups excluding carboxylic acids is 2. The van der Waals surface area contributed by atoms with Gasteiger partial charge in [-0.3, -0.25) is 9.59 Å². The molecule has 1 amide bonds. The monoisotopic (exact) mass is 451 g/mol. The van der Waals surface area contributed by atoms with E-state index in [-0.39, 0.29) is 23.5 Å². The number of carbonyl (C=O) groups is 2. The number of hydrogen-bond donors (Lipinski definition) is 1. The molecule has 0 saturated carbocycles. The van der Waals surface area contributed by atoms with Gasteiger partial charge in [0.2, 0.25) is 0 Å². The van der Waals surface area contributed by atoms with Gasteiger partial charge in [-0.15, -0.1) is 0 Å². The molecule has 33 heavy (non-hydrogen) atoms. The average Bonchev–Trinajstić information content (AvgIpc) is 2.79. The number of amides is 1. The lowest BCUT2D eigenvalue weighted by Gasteiger charge is -2.34. The van der Waals surface area contributed by atoms with Gasteiger partial charge in [0.15, 0.2) is 5.78 Å². The lowest BCUT2D eigenvalue weighted by atomic mass is 9.69. The SMILES string of the molecule is CCC(O)(CC)CC(=O)c1ccc(C(CC)(CC)c2ccc(C(=O)N(C)C)c(C)c2)cc1C. The lowest BCUT2D eigenvalue weighted by Crippen LogP contribution is -2.30. The Kier molecular flexibility index (Phi) is 8.64. The maximum atomic E-state index is 13.0. The van der Waals surface area contributed by atoms with Crippen LogP contribution >= 0.6 is 0 Å². The predicted molar refractivity (Wildman–Crippen MR) is 136 cm³/mol. The molecule has 0 aliphatic rings. The summed E-state index contributed by atoms with van der Waals surface area (Å²) in [6.07, 6.45) is 3.08. The minimum absolute atomic E-state index is 0.00811. The van der Waals surface area contributed by atoms with Crippen LogP contribution in [0.25, 0.3) is 0 Å². The number of Topliss-reactive ketones (excluding diaryl/α,β-unsaturated/α-hetero) is 1. The molecule has 0 aliphatic carbocycles. The van der Waals surface area contributed by atoms with Crippen LogP contribution in [0.5, 0.6) is 0 Å². The summed E-state index contributed by atoms with van der Waals surface area (Å²) in [5.74, 6) is 0.00159. The van der Waals surface area contributed by atoms with Crippen molar-refractivity contribution in [2.45, 2.75) is 84.7 Å². The minimum Gasteiger partial charge on any atom is -0.389 e. The third-order valence-corrected chi connectivity index (χ3v) is 7.51. The standard InChI is InChI=1S/C29H41NO3/c1-9-28(33,10-2)19-26(31)24-15-13-22(17-20(24)5)29(11-3,12-4)23-14-16-25(21(6)18-23)27(32)30(7)8/h13-18,33H,9-12,19H2,1-8H3. The van der Waals surface area contributed by atoms with Crippen molar-refractivity contribution in [3.8, 4) is 0 Å². The Morgan fingerprint density at radius 3 is 1.61 bits per heavy atom. The molecule has 1 N–H and O–H groups in total. The fourth-order valence-corrected chi connectivity index (χ4v) is 4.84. The van der Waals surface area contributed by atoms with E-state index >= 15 is 0 Å². The Labute approximate surface area is 200 Å². The van der Waals surface area contributed by atoms with Gasteiger partial charge in [-0.2, -0.15) is 0 Å². The summed E-state index contributed by atoms with van der Waals surface area (Å²) in [5, 5.41) is 10.6. The van der Waals surface area contributed by atoms with E-state index in [0.717, 1.165) is 29.5 Å². The highest BCUT2D eigenvalue weighted by atomic mass is 16.3. The summed E-state index contributed by atoms with van der Waals surface area (Å²) in [4.78, 5) is 27.1. The quantitative estimate of drug-likeness (QED) is 0.435. The molecule has 0 heterocycles. The third kappa shape index (κ3) is 5.38. The molecule has 4 heteroatoms. The molecule has 0 spiro atoms. The van der Waals surface area contributed by atoms with E-state index in [9.17, 15) is 14.7 Å². The van der Waals surface area contributed by atoms with Gasteiger partial charge in [0.25, 0.3) is 5.91 Å². The van der Waals surface area contributed by atoms with Crippen LogP contribution < -0.4 is 0 Å². The van der Waals surface area contributed by atoms with E-state index < -0.39 is 5.60 Å². The molecule has 0 atom stereocenters. The summed E-state index contributed by atoms with van der Waals surface area (Å²) >= 11 is 0. The third-order valence-electron chi connectivity index (χ3n) is 7.51. The molecule has 0 unspecified atom stereocenters. The average molecular weight is 452 g/mol. The lowest BCUT2D eigenvalue weighted by molar-refractivity contribution is 0.0243. The van der Waals surface area contributed by atoms with Crippen LogP contribution in [0.4, 0.5) is 0 Å². The van der Waals surface area contributed by atoms with Crippen LogP contribution in [-0.4, -0.2) is 41.4 Å². The number of hydrogen-bond acceptors (Lipinski definition) is 3. The zero-order valence-corrected chi connectivity index (χ0v) is 21.7. The zero-order chi connectivity index (χ0) is 25.0. The van der Waals surface area contributed by atoms with Crippen molar-refractivity contribution in [1.82, 2.24) is 4.90 Å². The molecule has 2 rings (SSSR count). The summed E-state index contributed by atoms with van der Waals surface area (Å²) in [7, 11) is 3.54. The summed E-state index contributed by atoms with van der Waals surface area (Å²) in [6, 6.07) is 12.3. The maximum Gasteiger partial charge on any atom is 0.253 e. The Bertz CT molecular complexity index is 998. The summed E-state index contributed by atoms with van der Waals surface area (Å²) in [6.45, 7) is 12.2. The van der Waals surface area contributed by atoms with Gasteiger partial charge in [0.1, 0.15) is 0 Å². The van der Waals surface area contributed by atoms with E-state index in [1.165, 1.54) is 11.1 Å². The van der Waals surface area contributed by atoms with Crippen LogP contribution in [0.1, 0.15) is 103 Å². The Balaban J connectivity index is 2.49. The van der Waals surface area contributed by atoms with Gasteiger partial charge in [-0.25, -0.2) is 0 Å². The van der Waals surface area contributed by atoms with E-state index in [1.54, 1.807) is 19.0 Å². The fraction of sp³-hybridized carbons (Fsp3) is 0.517. The van der Waals surface area contributed by atoms with Gasteiger partial charge >= 0.3 is 0 Å². The largest absolute Gasteiger partial charge is 0.389 e. The normalized spacial score (nSPS) is 12.0. The number of aliphatic hydroxyl groups is 1. The van der Waals surface area contributed by atoms with Gasteiger partial charge < -0.3 is 10.0 Å². The Morgan fingerprint density at radius 2 is 1.24 bits per heavy atom. The fourth-order valence-electron chi connectivity index (χ4n) is 4.84. The zero-order valence-electron chi connectivity index (χ0n) is 21.7. The van der Waals surface area contributed by atoms with E-state index in [1.807, 2.05) is 39.8 Å². The number of rotatable bonds is 10. The van der Waals surface area contributed by atoms with E-state index in [0.29, 0.717) is 18.4 Å². The minimum atomic E-state index is -0.942. The van der Waals surface area contributed by atoms with Crippen molar-refractivity contribution in [2.75, 3.05) is 14.1 Å². The number of ketones is 1. The highest BCUT2D eigenvalue weighted by Gasteiger charge is 2.33. The molecular formula is C29H41NO3. The van der Waals surface area contributed by atoms with Crippen LogP contribution in [0.2, 0.25) is 0 Å². The topological polar surface area (TPSA) is 57.6 Å². The molecular weight excluding hydrogens is 410 g/mol. The van der Waals surface area contributed by atoms with E-state index in [4.69, 9.17) is 0 Å². The second kappa shape index (κ2) is 10.6. The van der Waals surface area contributed by atoms with E-state index in [2.05, 4.69) is 38.1 Å². The molecule has 0 bridgehead atoms. The van der Waals surface area contributed by atoms with Crippen LogP contribution in [0, 0.1) is 13.8 Å². The first-order valence-corrected chi connectivity index (χ1v) is 12.2. The molecule has 2 aromatic rings. The van der Waals surface area contributed by atoms with Crippen LogP contribution in [-0.2, 0) is 5.41 Å². The first-order valence-electron chi connectivity index (χ1n) is 12.2. The van der Waals surface area contributed by atoms with Crippen molar-refractivity contribution < 1.29 is 14.7 Å². The molecule has 0 radical (unpaired) electrons. The predicted octanol–water partition coefficient (Wildman–Crippen LogP) is 6.24. The van der Waals surface area contributed by atoms with Gasteiger partial charge in [0, 0.05) is 37.1 Å². The number of aryl methyl sites for hydroxylation is 2. The van der Waals surface area contributed by atoms with Crippen molar-refractivity contribution in [1.29, 1.82) is 0 Å².